The van der Waals surface area contributed by atoms with E-state index in [4.69, 9.17) is 16.2 Å². The molecule has 7 heteroatoms. The summed E-state index contributed by atoms with van der Waals surface area (Å²) in [7, 11) is 1.68. The maximum atomic E-state index is 5.89. The number of methoxy groups -OCH3 is 1. The molecule has 27 heavy (non-hydrogen) atoms. The summed E-state index contributed by atoms with van der Waals surface area (Å²) in [5, 5.41) is 3.42. The van der Waals surface area contributed by atoms with Crippen molar-refractivity contribution in [1.29, 1.82) is 0 Å². The third-order valence-electron chi connectivity index (χ3n) is 4.63. The predicted molar refractivity (Wildman–Crippen MR) is 110 cm³/mol. The highest BCUT2D eigenvalue weighted by Crippen LogP contribution is 2.27. The van der Waals surface area contributed by atoms with Crippen LogP contribution in [-0.2, 0) is 13.1 Å². The van der Waals surface area contributed by atoms with Crippen LogP contribution >= 0.6 is 0 Å². The first kappa shape index (κ1) is 19.0. The molecule has 3 aromatic rings. The minimum atomic E-state index is 0.281. The van der Waals surface area contributed by atoms with Crippen molar-refractivity contribution in [2.75, 3.05) is 24.7 Å². The summed E-state index contributed by atoms with van der Waals surface area (Å²) in [6, 6.07) is 8.03. The molecular formula is C20H28N6O. The molecule has 0 saturated heterocycles. The Morgan fingerprint density at radius 2 is 2.04 bits per heavy atom. The number of unbranched alkanes of at least 4 members (excludes halogenated alkanes) is 2. The van der Waals surface area contributed by atoms with Gasteiger partial charge in [-0.1, -0.05) is 31.9 Å². The molecule has 3 rings (SSSR count). The van der Waals surface area contributed by atoms with Crippen molar-refractivity contribution in [2.24, 2.45) is 5.73 Å². The minimum absolute atomic E-state index is 0.281. The van der Waals surface area contributed by atoms with Gasteiger partial charge in [0.1, 0.15) is 11.3 Å². The van der Waals surface area contributed by atoms with Crippen molar-refractivity contribution >= 4 is 22.8 Å². The lowest BCUT2D eigenvalue weighted by atomic mass is 10.1. The number of rotatable bonds is 9. The number of ether oxygens (including phenoxy) is 1. The maximum Gasteiger partial charge on any atom is 0.222 e. The molecular weight excluding hydrogens is 340 g/mol. The molecule has 0 aliphatic carbocycles. The number of nitrogens with two attached hydrogens (primary N) is 2. The van der Waals surface area contributed by atoms with Gasteiger partial charge in [0, 0.05) is 24.8 Å². The molecule has 0 aliphatic heterocycles. The van der Waals surface area contributed by atoms with Crippen LogP contribution in [0.1, 0.15) is 37.3 Å². The van der Waals surface area contributed by atoms with E-state index in [2.05, 4.69) is 32.8 Å². The summed E-state index contributed by atoms with van der Waals surface area (Å²) in [5.74, 6) is 1.88. The Balaban J connectivity index is 1.93. The van der Waals surface area contributed by atoms with Gasteiger partial charge in [0.05, 0.1) is 19.2 Å². The molecule has 2 aromatic heterocycles. The van der Waals surface area contributed by atoms with E-state index in [-0.39, 0.29) is 5.95 Å². The minimum Gasteiger partial charge on any atom is -0.496 e. The van der Waals surface area contributed by atoms with Gasteiger partial charge in [-0.15, -0.1) is 0 Å². The summed E-state index contributed by atoms with van der Waals surface area (Å²) in [6.07, 6.45) is 5.46. The molecule has 5 N–H and O–H groups in total. The zero-order valence-electron chi connectivity index (χ0n) is 16.0. The van der Waals surface area contributed by atoms with Gasteiger partial charge >= 0.3 is 0 Å². The largest absolute Gasteiger partial charge is 0.496 e. The van der Waals surface area contributed by atoms with Crippen molar-refractivity contribution in [1.82, 2.24) is 14.5 Å². The van der Waals surface area contributed by atoms with Crippen molar-refractivity contribution in [3.05, 3.63) is 41.6 Å². The fraction of sp³-hybridized carbons (Fsp3) is 0.400. The quantitative estimate of drug-likeness (QED) is 0.501. The molecule has 0 radical (unpaired) electrons. The number of nitrogens with zero attached hydrogens (tertiary/aromatic N) is 3. The van der Waals surface area contributed by atoms with Gasteiger partial charge in [-0.05, 0) is 24.1 Å². The molecule has 0 fully saturated rings. The maximum absolute atomic E-state index is 5.89. The van der Waals surface area contributed by atoms with Crippen LogP contribution in [0, 0.1) is 0 Å². The second kappa shape index (κ2) is 8.73. The first-order valence-corrected chi connectivity index (χ1v) is 9.38. The van der Waals surface area contributed by atoms with E-state index in [1.54, 1.807) is 7.11 Å². The number of aromatic nitrogens is 3. The molecule has 0 amide bonds. The lowest BCUT2D eigenvalue weighted by molar-refractivity contribution is 0.408. The molecule has 0 aliphatic rings. The summed E-state index contributed by atoms with van der Waals surface area (Å²) >= 11 is 0. The van der Waals surface area contributed by atoms with Crippen LogP contribution in [-0.4, -0.2) is 28.2 Å². The summed E-state index contributed by atoms with van der Waals surface area (Å²) in [6.45, 7) is 4.19. The first-order valence-electron chi connectivity index (χ1n) is 9.38. The van der Waals surface area contributed by atoms with Crippen LogP contribution in [0.25, 0.3) is 11.0 Å². The molecule has 1 aromatic carbocycles. The third kappa shape index (κ3) is 4.31. The number of anilines is 2. The van der Waals surface area contributed by atoms with Crippen LogP contribution in [0.2, 0.25) is 0 Å². The van der Waals surface area contributed by atoms with E-state index in [0.29, 0.717) is 13.1 Å². The molecule has 0 saturated carbocycles. The van der Waals surface area contributed by atoms with E-state index in [1.807, 2.05) is 24.4 Å². The Labute approximate surface area is 159 Å². The van der Waals surface area contributed by atoms with Crippen molar-refractivity contribution in [2.45, 2.75) is 39.3 Å². The molecule has 7 nitrogen and oxygen atoms in total. The molecule has 2 heterocycles. The van der Waals surface area contributed by atoms with Crippen molar-refractivity contribution in [3.8, 4) is 5.75 Å². The molecule has 0 spiro atoms. The van der Waals surface area contributed by atoms with Crippen LogP contribution in [0.3, 0.4) is 0 Å². The summed E-state index contributed by atoms with van der Waals surface area (Å²) in [5.41, 5.74) is 15.5. The van der Waals surface area contributed by atoms with Gasteiger partial charge in [0.2, 0.25) is 5.95 Å². The van der Waals surface area contributed by atoms with Crippen LogP contribution < -0.4 is 21.5 Å². The fourth-order valence-corrected chi connectivity index (χ4v) is 3.19. The Morgan fingerprint density at radius 3 is 2.78 bits per heavy atom. The first-order chi connectivity index (χ1) is 13.2. The van der Waals surface area contributed by atoms with Crippen LogP contribution in [0.5, 0.6) is 5.75 Å². The average Bonchev–Trinajstić information content (AvgIpc) is 3.08. The second-order valence-electron chi connectivity index (χ2n) is 6.59. The van der Waals surface area contributed by atoms with E-state index in [9.17, 15) is 0 Å². The van der Waals surface area contributed by atoms with Crippen molar-refractivity contribution < 1.29 is 4.74 Å². The molecule has 0 bridgehead atoms. The monoisotopic (exact) mass is 368 g/mol. The second-order valence-corrected chi connectivity index (χ2v) is 6.59. The number of benzene rings is 1. The van der Waals surface area contributed by atoms with Crippen LogP contribution in [0.15, 0.2) is 30.5 Å². The Bertz CT molecular complexity index is 905. The fourth-order valence-electron chi connectivity index (χ4n) is 3.19. The van der Waals surface area contributed by atoms with Gasteiger partial charge in [-0.3, -0.25) is 0 Å². The molecule has 0 atom stereocenters. The highest BCUT2D eigenvalue weighted by Gasteiger charge is 2.13. The normalized spacial score (nSPS) is 11.1. The Hall–Kier alpha value is -2.80. The van der Waals surface area contributed by atoms with Gasteiger partial charge in [0.25, 0.3) is 0 Å². The average molecular weight is 368 g/mol. The molecule has 0 unspecified atom stereocenters. The van der Waals surface area contributed by atoms with Crippen LogP contribution in [0.4, 0.5) is 11.8 Å². The summed E-state index contributed by atoms with van der Waals surface area (Å²) < 4.78 is 7.68. The van der Waals surface area contributed by atoms with Gasteiger partial charge in [0.15, 0.2) is 5.82 Å². The number of fused-ring (bicyclic) bond motifs is 1. The van der Waals surface area contributed by atoms with E-state index < -0.39 is 0 Å². The standard InChI is InChI=1S/C20H28N6O/c1-3-4-5-9-23-19-18-16(24-20(22)25-19)8-10-26(18)13-15-7-6-14(12-21)11-17(15)27-2/h6-8,10-11H,3-5,9,12-13,21H2,1-2H3,(H3,22,23,24,25). The van der Waals surface area contributed by atoms with Gasteiger partial charge in [-0.2, -0.15) is 4.98 Å². The van der Waals surface area contributed by atoms with Gasteiger partial charge in [-0.25, -0.2) is 4.98 Å². The highest BCUT2D eigenvalue weighted by molar-refractivity contribution is 5.87. The third-order valence-corrected chi connectivity index (χ3v) is 4.63. The van der Waals surface area contributed by atoms with E-state index >= 15 is 0 Å². The Morgan fingerprint density at radius 1 is 1.19 bits per heavy atom. The predicted octanol–water partition coefficient (Wildman–Crippen LogP) is 3.13. The van der Waals surface area contributed by atoms with E-state index in [0.717, 1.165) is 46.7 Å². The summed E-state index contributed by atoms with van der Waals surface area (Å²) in [4.78, 5) is 8.80. The number of hydrogen-bond donors (Lipinski definition) is 3. The highest BCUT2D eigenvalue weighted by atomic mass is 16.5. The Kier molecular flexibility index (Phi) is 6.13. The zero-order chi connectivity index (χ0) is 19.2. The molecule has 144 valence electrons. The smallest absolute Gasteiger partial charge is 0.222 e. The van der Waals surface area contributed by atoms with Gasteiger partial charge < -0.3 is 26.1 Å². The van der Waals surface area contributed by atoms with Crippen molar-refractivity contribution in [3.63, 3.8) is 0 Å². The number of hydrogen-bond acceptors (Lipinski definition) is 6. The van der Waals surface area contributed by atoms with E-state index in [1.165, 1.54) is 12.8 Å². The number of nitrogens with one attached hydrogen (secondary N) is 1. The lowest BCUT2D eigenvalue weighted by Gasteiger charge is -2.14. The number of nitrogen functional groups attached to an aromatic ring is 1. The lowest BCUT2D eigenvalue weighted by Crippen LogP contribution is -2.09. The zero-order valence-corrected chi connectivity index (χ0v) is 16.0. The SMILES string of the molecule is CCCCCNc1nc(N)nc2ccn(Cc3ccc(CN)cc3OC)c12. The topological polar surface area (TPSA) is 104 Å².